The van der Waals surface area contributed by atoms with Crippen LogP contribution in [0.1, 0.15) is 47.8 Å². The first-order chi connectivity index (χ1) is 16.5. The number of aromatic nitrogens is 1. The summed E-state index contributed by atoms with van der Waals surface area (Å²) >= 11 is 0. The van der Waals surface area contributed by atoms with Crippen molar-refractivity contribution in [2.45, 2.75) is 45.8 Å². The Morgan fingerprint density at radius 1 is 1.12 bits per heavy atom. The number of nitrogens with zero attached hydrogens (tertiary/aromatic N) is 1. The van der Waals surface area contributed by atoms with Gasteiger partial charge in [-0.2, -0.15) is 0 Å². The molecule has 1 fully saturated rings. The molecule has 0 spiro atoms. The monoisotopic (exact) mass is 460 g/mol. The van der Waals surface area contributed by atoms with Crippen molar-refractivity contribution in [1.29, 1.82) is 0 Å². The van der Waals surface area contributed by atoms with Crippen molar-refractivity contribution < 1.29 is 23.9 Å². The third kappa shape index (κ3) is 5.25. The highest BCUT2D eigenvalue weighted by Gasteiger charge is 2.38. The molecule has 4 rings (SSSR count). The number of para-hydroxylation sites is 1. The van der Waals surface area contributed by atoms with Crippen LogP contribution in [0.3, 0.4) is 0 Å². The van der Waals surface area contributed by atoms with Crippen LogP contribution in [0.4, 0.5) is 0 Å². The van der Waals surface area contributed by atoms with E-state index in [1.165, 1.54) is 0 Å². The SMILES string of the molecule is CCOC(=O)C1CCCC(=O)C1NC(=O)c1ccc(OCc2cc(C)nc3ccccc23)cc1. The highest BCUT2D eigenvalue weighted by atomic mass is 16.5. The topological polar surface area (TPSA) is 94.6 Å². The number of hydrogen-bond acceptors (Lipinski definition) is 6. The Labute approximate surface area is 198 Å². The minimum Gasteiger partial charge on any atom is -0.489 e. The summed E-state index contributed by atoms with van der Waals surface area (Å²) in [7, 11) is 0. The maximum Gasteiger partial charge on any atom is 0.311 e. The molecule has 0 aliphatic heterocycles. The Bertz CT molecular complexity index is 1210. The number of ether oxygens (including phenoxy) is 2. The van der Waals surface area contributed by atoms with Gasteiger partial charge in [0.2, 0.25) is 0 Å². The lowest BCUT2D eigenvalue weighted by atomic mass is 9.83. The second-order valence-corrected chi connectivity index (χ2v) is 8.42. The lowest BCUT2D eigenvalue weighted by Gasteiger charge is -2.29. The second kappa shape index (κ2) is 10.5. The molecule has 1 aliphatic rings. The molecule has 1 aliphatic carbocycles. The van der Waals surface area contributed by atoms with Crippen molar-refractivity contribution in [3.8, 4) is 5.75 Å². The van der Waals surface area contributed by atoms with Gasteiger partial charge in [0.1, 0.15) is 18.4 Å². The molecule has 34 heavy (non-hydrogen) atoms. The normalized spacial score (nSPS) is 17.9. The number of nitrogens with one attached hydrogen (secondary N) is 1. The smallest absolute Gasteiger partial charge is 0.311 e. The number of pyridine rings is 1. The van der Waals surface area contributed by atoms with Gasteiger partial charge in [-0.3, -0.25) is 19.4 Å². The summed E-state index contributed by atoms with van der Waals surface area (Å²) in [4.78, 5) is 42.0. The zero-order valence-electron chi connectivity index (χ0n) is 19.4. The molecule has 0 bridgehead atoms. The Morgan fingerprint density at radius 3 is 2.65 bits per heavy atom. The van der Waals surface area contributed by atoms with Gasteiger partial charge in [-0.15, -0.1) is 0 Å². The van der Waals surface area contributed by atoms with Gasteiger partial charge in [0.15, 0.2) is 5.78 Å². The van der Waals surface area contributed by atoms with E-state index in [0.717, 1.165) is 22.2 Å². The van der Waals surface area contributed by atoms with E-state index >= 15 is 0 Å². The molecule has 176 valence electrons. The van der Waals surface area contributed by atoms with Crippen LogP contribution in [0, 0.1) is 12.8 Å². The van der Waals surface area contributed by atoms with Gasteiger partial charge in [0.25, 0.3) is 5.91 Å². The highest BCUT2D eigenvalue weighted by Crippen LogP contribution is 2.25. The summed E-state index contributed by atoms with van der Waals surface area (Å²) in [6.07, 6.45) is 1.48. The van der Waals surface area contributed by atoms with E-state index in [1.807, 2.05) is 37.3 Å². The van der Waals surface area contributed by atoms with E-state index in [9.17, 15) is 14.4 Å². The molecule has 1 heterocycles. The zero-order chi connectivity index (χ0) is 24.1. The molecule has 1 N–H and O–H groups in total. The molecule has 1 aromatic heterocycles. The van der Waals surface area contributed by atoms with Crippen molar-refractivity contribution >= 4 is 28.6 Å². The van der Waals surface area contributed by atoms with Crippen LogP contribution in [0.2, 0.25) is 0 Å². The Balaban J connectivity index is 1.42. The minimum absolute atomic E-state index is 0.141. The van der Waals surface area contributed by atoms with Crippen molar-refractivity contribution in [2.75, 3.05) is 6.61 Å². The quantitative estimate of drug-likeness (QED) is 0.532. The van der Waals surface area contributed by atoms with Gasteiger partial charge in [-0.25, -0.2) is 0 Å². The van der Waals surface area contributed by atoms with E-state index in [-0.39, 0.29) is 12.4 Å². The molecule has 1 amide bonds. The Hall–Kier alpha value is -3.74. The first kappa shape index (κ1) is 23.4. The van der Waals surface area contributed by atoms with Gasteiger partial charge in [0.05, 0.1) is 18.0 Å². The molecule has 2 aromatic carbocycles. The summed E-state index contributed by atoms with van der Waals surface area (Å²) in [6, 6.07) is 15.8. The molecule has 3 aromatic rings. The maximum atomic E-state index is 12.8. The Morgan fingerprint density at radius 2 is 1.88 bits per heavy atom. The minimum atomic E-state index is -0.862. The number of ketones is 1. The number of rotatable bonds is 7. The lowest BCUT2D eigenvalue weighted by Crippen LogP contribution is -2.51. The summed E-state index contributed by atoms with van der Waals surface area (Å²) < 4.78 is 11.1. The predicted molar refractivity (Wildman–Crippen MR) is 127 cm³/mol. The number of fused-ring (bicyclic) bond motifs is 1. The van der Waals surface area contributed by atoms with E-state index in [0.29, 0.717) is 37.2 Å². The molecule has 0 radical (unpaired) electrons. The summed E-state index contributed by atoms with van der Waals surface area (Å²) in [5, 5.41) is 3.78. The lowest BCUT2D eigenvalue weighted by molar-refractivity contribution is -0.152. The van der Waals surface area contributed by atoms with Crippen LogP contribution in [-0.2, 0) is 20.9 Å². The molecule has 7 heteroatoms. The van der Waals surface area contributed by atoms with Crippen LogP contribution in [0.5, 0.6) is 5.75 Å². The van der Waals surface area contributed by atoms with Gasteiger partial charge in [-0.1, -0.05) is 18.2 Å². The van der Waals surface area contributed by atoms with Crippen molar-refractivity contribution in [3.63, 3.8) is 0 Å². The van der Waals surface area contributed by atoms with Crippen LogP contribution >= 0.6 is 0 Å². The van der Waals surface area contributed by atoms with E-state index < -0.39 is 23.8 Å². The number of amides is 1. The molecule has 1 saturated carbocycles. The van der Waals surface area contributed by atoms with Crippen molar-refractivity contribution in [3.05, 3.63) is 71.4 Å². The van der Waals surface area contributed by atoms with Crippen molar-refractivity contribution in [1.82, 2.24) is 10.3 Å². The fraction of sp³-hybridized carbons (Fsp3) is 0.333. The molecule has 0 saturated heterocycles. The van der Waals surface area contributed by atoms with Crippen LogP contribution in [0.15, 0.2) is 54.6 Å². The van der Waals surface area contributed by atoms with Crippen LogP contribution in [0.25, 0.3) is 10.9 Å². The number of aryl methyl sites for hydroxylation is 1. The number of hydrogen-bond donors (Lipinski definition) is 1. The molecule has 2 unspecified atom stereocenters. The van der Waals surface area contributed by atoms with Crippen LogP contribution < -0.4 is 10.1 Å². The third-order valence-electron chi connectivity index (χ3n) is 6.00. The van der Waals surface area contributed by atoms with Gasteiger partial charge >= 0.3 is 5.97 Å². The molecule has 2 atom stereocenters. The number of carbonyl (C=O) groups is 3. The highest BCUT2D eigenvalue weighted by molar-refractivity contribution is 6.00. The average molecular weight is 461 g/mol. The standard InChI is InChI=1S/C27H28N2O5/c1-3-33-27(32)22-8-6-10-24(30)25(22)29-26(31)18-11-13-20(14-12-18)34-16-19-15-17(2)28-23-9-5-4-7-21(19)23/h4-5,7,9,11-15,22,25H,3,6,8,10,16H2,1-2H3,(H,29,31). The average Bonchev–Trinajstić information content (AvgIpc) is 2.84. The summed E-state index contributed by atoms with van der Waals surface area (Å²) in [6.45, 7) is 4.28. The summed E-state index contributed by atoms with van der Waals surface area (Å²) in [5.74, 6) is -1.02. The van der Waals surface area contributed by atoms with E-state index in [1.54, 1.807) is 31.2 Å². The number of esters is 1. The second-order valence-electron chi connectivity index (χ2n) is 8.42. The van der Waals surface area contributed by atoms with E-state index in [4.69, 9.17) is 9.47 Å². The van der Waals surface area contributed by atoms with E-state index in [2.05, 4.69) is 10.3 Å². The summed E-state index contributed by atoms with van der Waals surface area (Å²) in [5.41, 5.74) is 3.26. The van der Waals surface area contributed by atoms with Gasteiger partial charge < -0.3 is 14.8 Å². The Kier molecular flexibility index (Phi) is 7.21. The number of benzene rings is 2. The largest absolute Gasteiger partial charge is 0.489 e. The first-order valence-corrected chi connectivity index (χ1v) is 11.5. The maximum absolute atomic E-state index is 12.8. The molecule has 7 nitrogen and oxygen atoms in total. The van der Waals surface area contributed by atoms with Gasteiger partial charge in [0, 0.05) is 28.6 Å². The fourth-order valence-corrected chi connectivity index (χ4v) is 4.33. The third-order valence-corrected chi connectivity index (χ3v) is 6.00. The first-order valence-electron chi connectivity index (χ1n) is 11.5. The predicted octanol–water partition coefficient (Wildman–Crippen LogP) is 4.15. The number of carbonyl (C=O) groups excluding carboxylic acids is 3. The molecular weight excluding hydrogens is 432 g/mol. The zero-order valence-corrected chi connectivity index (χ0v) is 19.4. The van der Waals surface area contributed by atoms with Gasteiger partial charge in [-0.05, 0) is 63.1 Å². The molecular formula is C27H28N2O5. The van der Waals surface area contributed by atoms with Crippen LogP contribution in [-0.4, -0.2) is 35.3 Å². The number of Topliss-reactive ketones (excluding diaryl/α,β-unsaturated/α-hetero) is 1. The van der Waals surface area contributed by atoms with Crippen molar-refractivity contribution in [2.24, 2.45) is 5.92 Å². The fourth-order valence-electron chi connectivity index (χ4n) is 4.33.